The van der Waals surface area contributed by atoms with E-state index in [9.17, 15) is 14.4 Å². The highest BCUT2D eigenvalue weighted by Gasteiger charge is 2.33. The first-order chi connectivity index (χ1) is 10.9. The summed E-state index contributed by atoms with van der Waals surface area (Å²) in [6.45, 7) is 1.05. The number of carbonyl (C=O) groups excluding carboxylic acids is 2. The lowest BCUT2D eigenvalue weighted by Crippen LogP contribution is -2.45. The molecule has 1 saturated heterocycles. The van der Waals surface area contributed by atoms with E-state index in [2.05, 4.69) is 5.32 Å². The van der Waals surface area contributed by atoms with Crippen LogP contribution in [-0.2, 0) is 14.4 Å². The third-order valence-electron chi connectivity index (χ3n) is 3.02. The van der Waals surface area contributed by atoms with Crippen LogP contribution in [0, 0.1) is 0 Å². The first-order valence-corrected chi connectivity index (χ1v) is 7.93. The molecule has 1 heterocycles. The minimum Gasteiger partial charge on any atom is -0.480 e. The number of hydrogen-bond donors (Lipinski definition) is 2. The second-order valence-corrected chi connectivity index (χ2v) is 6.48. The van der Waals surface area contributed by atoms with Crippen LogP contribution in [0.3, 0.4) is 0 Å². The number of carboxylic acid groups (broad SMARTS) is 1. The maximum Gasteiger partial charge on any atom is 0.325 e. The lowest BCUT2D eigenvalue weighted by atomic mass is 10.2. The van der Waals surface area contributed by atoms with E-state index in [1.807, 2.05) is 30.3 Å². The van der Waals surface area contributed by atoms with Crippen LogP contribution in [0.5, 0.6) is 0 Å². The van der Waals surface area contributed by atoms with Crippen LogP contribution in [-0.4, -0.2) is 44.7 Å². The molecular weight excluding hydrogens is 336 g/mol. The summed E-state index contributed by atoms with van der Waals surface area (Å²) in [6.07, 6.45) is 1.71. The van der Waals surface area contributed by atoms with Gasteiger partial charge in [0.15, 0.2) is 0 Å². The third kappa shape index (κ3) is 4.40. The van der Waals surface area contributed by atoms with E-state index in [1.165, 1.54) is 11.8 Å². The molecule has 1 aliphatic heterocycles. The molecule has 1 unspecified atom stereocenters. The Labute approximate surface area is 142 Å². The van der Waals surface area contributed by atoms with E-state index in [0.29, 0.717) is 4.91 Å². The number of aliphatic carboxylic acids is 1. The molecule has 1 atom stereocenters. The molecule has 0 bridgehead atoms. The van der Waals surface area contributed by atoms with Gasteiger partial charge >= 0.3 is 5.97 Å². The van der Waals surface area contributed by atoms with Crippen LogP contribution < -0.4 is 5.32 Å². The SMILES string of the molecule is CC(NC(=O)CN1C(=O)C(=Cc2ccccc2)SC1=S)C(=O)O. The minimum absolute atomic E-state index is 0.273. The van der Waals surface area contributed by atoms with E-state index in [1.54, 1.807) is 6.08 Å². The van der Waals surface area contributed by atoms with Crippen molar-refractivity contribution in [1.29, 1.82) is 0 Å². The molecule has 1 fully saturated rings. The summed E-state index contributed by atoms with van der Waals surface area (Å²) in [5, 5.41) is 11.1. The Bertz CT molecular complexity index is 688. The maximum absolute atomic E-state index is 12.3. The largest absolute Gasteiger partial charge is 0.480 e. The van der Waals surface area contributed by atoms with Gasteiger partial charge in [-0.25, -0.2) is 0 Å². The Morgan fingerprint density at radius 1 is 1.39 bits per heavy atom. The average molecular weight is 350 g/mol. The highest BCUT2D eigenvalue weighted by atomic mass is 32.2. The lowest BCUT2D eigenvalue weighted by Gasteiger charge is -2.15. The zero-order valence-electron chi connectivity index (χ0n) is 12.2. The molecular formula is C15H14N2O4S2. The molecule has 2 rings (SSSR count). The second-order valence-electron chi connectivity index (χ2n) is 4.81. The van der Waals surface area contributed by atoms with Crippen LogP contribution in [0.2, 0.25) is 0 Å². The monoisotopic (exact) mass is 350 g/mol. The van der Waals surface area contributed by atoms with Crippen molar-refractivity contribution in [3.63, 3.8) is 0 Å². The van der Waals surface area contributed by atoms with Gasteiger partial charge in [-0.15, -0.1) is 0 Å². The van der Waals surface area contributed by atoms with Crippen molar-refractivity contribution in [2.24, 2.45) is 0 Å². The molecule has 0 aliphatic carbocycles. The highest BCUT2D eigenvalue weighted by molar-refractivity contribution is 8.26. The Balaban J connectivity index is 2.06. The molecule has 2 N–H and O–H groups in total. The molecule has 23 heavy (non-hydrogen) atoms. The van der Waals surface area contributed by atoms with Crippen molar-refractivity contribution < 1.29 is 19.5 Å². The quantitative estimate of drug-likeness (QED) is 0.618. The fraction of sp³-hybridized carbons (Fsp3) is 0.200. The zero-order valence-corrected chi connectivity index (χ0v) is 13.8. The fourth-order valence-electron chi connectivity index (χ4n) is 1.83. The Morgan fingerprint density at radius 2 is 2.04 bits per heavy atom. The fourth-order valence-corrected chi connectivity index (χ4v) is 3.08. The van der Waals surface area contributed by atoms with Gasteiger partial charge in [0.05, 0.1) is 4.91 Å². The summed E-state index contributed by atoms with van der Waals surface area (Å²) in [4.78, 5) is 36.5. The van der Waals surface area contributed by atoms with E-state index < -0.39 is 17.9 Å². The number of benzene rings is 1. The number of carboxylic acids is 1. The molecule has 1 aliphatic rings. The van der Waals surface area contributed by atoms with Gasteiger partial charge in [-0.2, -0.15) is 0 Å². The van der Waals surface area contributed by atoms with Gasteiger partial charge in [-0.1, -0.05) is 54.3 Å². The Hall–Kier alpha value is -2.19. The molecule has 6 nitrogen and oxygen atoms in total. The van der Waals surface area contributed by atoms with Crippen molar-refractivity contribution in [3.8, 4) is 0 Å². The Kier molecular flexibility index (Phi) is 5.51. The zero-order chi connectivity index (χ0) is 17.0. The first kappa shape index (κ1) is 17.2. The summed E-state index contributed by atoms with van der Waals surface area (Å²) >= 11 is 6.24. The van der Waals surface area contributed by atoms with Gasteiger partial charge in [0.2, 0.25) is 5.91 Å². The van der Waals surface area contributed by atoms with Crippen LogP contribution in [0.25, 0.3) is 6.08 Å². The molecule has 0 radical (unpaired) electrons. The van der Waals surface area contributed by atoms with E-state index in [4.69, 9.17) is 17.3 Å². The van der Waals surface area contributed by atoms with E-state index in [0.717, 1.165) is 17.3 Å². The molecule has 1 aromatic rings. The van der Waals surface area contributed by atoms with Gasteiger partial charge in [0.1, 0.15) is 16.9 Å². The smallest absolute Gasteiger partial charge is 0.325 e. The topological polar surface area (TPSA) is 86.7 Å². The minimum atomic E-state index is -1.15. The van der Waals surface area contributed by atoms with Crippen LogP contribution in [0.4, 0.5) is 0 Å². The van der Waals surface area contributed by atoms with Gasteiger partial charge in [-0.3, -0.25) is 19.3 Å². The van der Waals surface area contributed by atoms with Crippen LogP contribution >= 0.6 is 24.0 Å². The molecule has 1 aromatic carbocycles. The van der Waals surface area contributed by atoms with Gasteiger partial charge < -0.3 is 10.4 Å². The predicted molar refractivity (Wildman–Crippen MR) is 91.6 cm³/mol. The molecule has 0 saturated carbocycles. The summed E-state index contributed by atoms with van der Waals surface area (Å²) in [7, 11) is 0. The van der Waals surface area contributed by atoms with Gasteiger partial charge in [0, 0.05) is 0 Å². The normalized spacial score (nSPS) is 17.4. The van der Waals surface area contributed by atoms with E-state index >= 15 is 0 Å². The van der Waals surface area contributed by atoms with E-state index in [-0.39, 0.29) is 16.8 Å². The predicted octanol–water partition coefficient (Wildman–Crippen LogP) is 1.48. The van der Waals surface area contributed by atoms with Crippen LogP contribution in [0.15, 0.2) is 35.2 Å². The number of rotatable bonds is 5. The number of nitrogens with one attached hydrogen (secondary N) is 1. The van der Waals surface area contributed by atoms with Crippen molar-refractivity contribution in [3.05, 3.63) is 40.8 Å². The summed E-state index contributed by atoms with van der Waals surface area (Å²) in [6, 6.07) is 8.26. The lowest BCUT2D eigenvalue weighted by molar-refractivity contribution is -0.141. The number of thioether (sulfide) groups is 1. The number of hydrogen-bond acceptors (Lipinski definition) is 5. The van der Waals surface area contributed by atoms with Crippen molar-refractivity contribution in [1.82, 2.24) is 10.2 Å². The second kappa shape index (κ2) is 7.38. The summed E-state index contributed by atoms with van der Waals surface area (Å²) in [5.74, 6) is -2.08. The number of nitrogens with zero attached hydrogens (tertiary/aromatic N) is 1. The molecule has 0 aromatic heterocycles. The molecule has 2 amide bonds. The van der Waals surface area contributed by atoms with Crippen molar-refractivity contribution >= 4 is 52.2 Å². The first-order valence-electron chi connectivity index (χ1n) is 6.71. The number of carbonyl (C=O) groups is 3. The number of amides is 2. The van der Waals surface area contributed by atoms with Gasteiger partial charge in [0.25, 0.3) is 5.91 Å². The third-order valence-corrected chi connectivity index (χ3v) is 4.40. The molecule has 8 heteroatoms. The Morgan fingerprint density at radius 3 is 2.65 bits per heavy atom. The number of thiocarbonyl (C=S) groups is 1. The highest BCUT2D eigenvalue weighted by Crippen LogP contribution is 2.32. The van der Waals surface area contributed by atoms with Gasteiger partial charge in [-0.05, 0) is 18.6 Å². The molecule has 120 valence electrons. The van der Waals surface area contributed by atoms with Crippen LogP contribution in [0.1, 0.15) is 12.5 Å². The summed E-state index contributed by atoms with van der Waals surface area (Å²) < 4.78 is 0.273. The summed E-state index contributed by atoms with van der Waals surface area (Å²) in [5.41, 5.74) is 0.858. The average Bonchev–Trinajstić information content (AvgIpc) is 2.75. The van der Waals surface area contributed by atoms with Crippen molar-refractivity contribution in [2.45, 2.75) is 13.0 Å². The maximum atomic E-state index is 12.3. The van der Waals surface area contributed by atoms with Crippen molar-refractivity contribution in [2.75, 3.05) is 6.54 Å². The molecule has 0 spiro atoms. The standard InChI is InChI=1S/C15H14N2O4S2/c1-9(14(20)21)16-12(18)8-17-13(19)11(23-15(17)22)7-10-5-3-2-4-6-10/h2-7,9H,8H2,1H3,(H,16,18)(H,20,21).